The zero-order chi connectivity index (χ0) is 33.4. The zero-order valence-electron chi connectivity index (χ0n) is 31.4. The molecule has 0 atom stereocenters. The molecule has 1 amide bonds. The van der Waals surface area contributed by atoms with Crippen LogP contribution in [-0.2, 0) is 9.53 Å². The van der Waals surface area contributed by atoms with E-state index >= 15 is 0 Å². The van der Waals surface area contributed by atoms with Crippen molar-refractivity contribution in [2.45, 2.75) is 206 Å². The molecule has 0 radical (unpaired) electrons. The highest BCUT2D eigenvalue weighted by molar-refractivity contribution is 5.88. The number of rotatable bonds is 30. The number of hydrogen-bond acceptors (Lipinski definition) is 4. The molecule has 0 saturated heterocycles. The van der Waals surface area contributed by atoms with Crippen LogP contribution >= 0.6 is 0 Å². The standard InChI is InChI=1S/C42H78N2O3/c1-3-5-7-9-11-13-15-17-20-24-28-44(29-25-21-18-16-14-12-10-8-6-4-2)30-26-22-19-23-27-43-41(46)47-40(45)42-34-37-31-38(35-42)33-39(32-37)36-42/h37-39H,3-36H2,1-2H3,(H,43,46). The first kappa shape index (κ1) is 40.3. The van der Waals surface area contributed by atoms with Crippen LogP contribution in [0.3, 0.4) is 0 Å². The number of amides is 1. The van der Waals surface area contributed by atoms with Crippen LogP contribution in [0.4, 0.5) is 4.79 Å². The molecule has 0 aliphatic heterocycles. The number of hydrogen-bond donors (Lipinski definition) is 1. The number of carbonyl (C=O) groups excluding carboxylic acids is 2. The maximum Gasteiger partial charge on any atom is 0.414 e. The van der Waals surface area contributed by atoms with Crippen LogP contribution in [0.2, 0.25) is 0 Å². The first-order valence-corrected chi connectivity index (χ1v) is 21.3. The summed E-state index contributed by atoms with van der Waals surface area (Å²) in [6.45, 7) is 8.94. The van der Waals surface area contributed by atoms with Crippen molar-refractivity contribution in [2.24, 2.45) is 23.2 Å². The molecular formula is C42H78N2O3. The highest BCUT2D eigenvalue weighted by Crippen LogP contribution is 2.60. The third-order valence-electron chi connectivity index (χ3n) is 12.0. The van der Waals surface area contributed by atoms with Gasteiger partial charge in [0.05, 0.1) is 5.41 Å². The van der Waals surface area contributed by atoms with E-state index in [1.54, 1.807) is 0 Å². The topological polar surface area (TPSA) is 58.6 Å². The van der Waals surface area contributed by atoms with Crippen molar-refractivity contribution in [3.05, 3.63) is 0 Å². The fourth-order valence-electron chi connectivity index (χ4n) is 9.57. The average Bonchev–Trinajstić information content (AvgIpc) is 3.05. The number of esters is 1. The van der Waals surface area contributed by atoms with E-state index in [4.69, 9.17) is 4.74 Å². The summed E-state index contributed by atoms with van der Waals surface area (Å²) in [7, 11) is 0. The second kappa shape index (κ2) is 24.9. The quantitative estimate of drug-likeness (QED) is 0.0474. The summed E-state index contributed by atoms with van der Waals surface area (Å²) in [6.07, 6.45) is 38.7. The molecule has 0 heterocycles. The highest BCUT2D eigenvalue weighted by atomic mass is 16.6. The van der Waals surface area contributed by atoms with Crippen molar-refractivity contribution >= 4 is 12.1 Å². The van der Waals surface area contributed by atoms with Crippen molar-refractivity contribution in [3.8, 4) is 0 Å². The van der Waals surface area contributed by atoms with Gasteiger partial charge in [0, 0.05) is 6.54 Å². The lowest BCUT2D eigenvalue weighted by Gasteiger charge is -2.54. The third kappa shape index (κ3) is 16.9. The Hall–Kier alpha value is -1.10. The van der Waals surface area contributed by atoms with Gasteiger partial charge in [-0.05, 0) is 102 Å². The van der Waals surface area contributed by atoms with Gasteiger partial charge >= 0.3 is 12.1 Å². The van der Waals surface area contributed by atoms with E-state index in [2.05, 4.69) is 24.1 Å². The summed E-state index contributed by atoms with van der Waals surface area (Å²) < 4.78 is 5.37. The Morgan fingerprint density at radius 2 is 0.872 bits per heavy atom. The average molecular weight is 659 g/mol. The number of ether oxygens (including phenoxy) is 1. The first-order chi connectivity index (χ1) is 23.0. The number of nitrogens with zero attached hydrogens (tertiary/aromatic N) is 1. The zero-order valence-corrected chi connectivity index (χ0v) is 31.4. The van der Waals surface area contributed by atoms with Gasteiger partial charge in [0.25, 0.3) is 0 Å². The van der Waals surface area contributed by atoms with Crippen LogP contribution in [-0.4, -0.2) is 43.1 Å². The van der Waals surface area contributed by atoms with Gasteiger partial charge in [-0.15, -0.1) is 0 Å². The Labute approximate surface area is 291 Å². The molecule has 5 nitrogen and oxygen atoms in total. The van der Waals surface area contributed by atoms with Gasteiger partial charge in [-0.25, -0.2) is 4.79 Å². The van der Waals surface area contributed by atoms with Gasteiger partial charge in [-0.1, -0.05) is 142 Å². The number of alkyl carbamates (subject to hydrolysis) is 1. The molecule has 47 heavy (non-hydrogen) atoms. The number of unbranched alkanes of at least 4 members (excludes halogenated alkanes) is 21. The Morgan fingerprint density at radius 3 is 1.26 bits per heavy atom. The monoisotopic (exact) mass is 659 g/mol. The van der Waals surface area contributed by atoms with Gasteiger partial charge < -0.3 is 15.0 Å². The Morgan fingerprint density at radius 1 is 0.532 bits per heavy atom. The minimum atomic E-state index is -0.523. The van der Waals surface area contributed by atoms with Crippen LogP contribution in [0.5, 0.6) is 0 Å². The lowest BCUT2D eigenvalue weighted by molar-refractivity contribution is -0.164. The van der Waals surface area contributed by atoms with Crippen LogP contribution in [0.1, 0.15) is 206 Å². The van der Waals surface area contributed by atoms with Crippen LogP contribution in [0, 0.1) is 23.2 Å². The van der Waals surface area contributed by atoms with Crippen LogP contribution < -0.4 is 5.32 Å². The fourth-order valence-corrected chi connectivity index (χ4v) is 9.57. The van der Waals surface area contributed by atoms with Crippen molar-refractivity contribution in [1.29, 1.82) is 0 Å². The van der Waals surface area contributed by atoms with E-state index in [1.807, 2.05) is 0 Å². The molecule has 4 fully saturated rings. The molecule has 4 aliphatic carbocycles. The van der Waals surface area contributed by atoms with E-state index in [0.717, 1.165) is 32.1 Å². The molecule has 4 saturated carbocycles. The maximum atomic E-state index is 13.0. The van der Waals surface area contributed by atoms with Crippen LogP contribution in [0.15, 0.2) is 0 Å². The van der Waals surface area contributed by atoms with Crippen molar-refractivity contribution < 1.29 is 14.3 Å². The predicted molar refractivity (Wildman–Crippen MR) is 199 cm³/mol. The van der Waals surface area contributed by atoms with Gasteiger partial charge in [0.15, 0.2) is 0 Å². The summed E-state index contributed by atoms with van der Waals surface area (Å²) in [5.74, 6) is 1.80. The van der Waals surface area contributed by atoms with E-state index < -0.39 is 6.09 Å². The Kier molecular flexibility index (Phi) is 21.4. The lowest BCUT2D eigenvalue weighted by atomic mass is 9.49. The van der Waals surface area contributed by atoms with E-state index in [-0.39, 0.29) is 11.4 Å². The lowest BCUT2D eigenvalue weighted by Crippen LogP contribution is -2.51. The second-order valence-electron chi connectivity index (χ2n) is 16.4. The van der Waals surface area contributed by atoms with E-state index in [0.29, 0.717) is 24.3 Å². The number of carbonyl (C=O) groups is 2. The summed E-state index contributed by atoms with van der Waals surface area (Å²) in [4.78, 5) is 28.2. The molecule has 0 unspecified atom stereocenters. The Bertz CT molecular complexity index is 754. The van der Waals surface area contributed by atoms with Gasteiger partial charge in [-0.3, -0.25) is 4.79 Å². The molecule has 1 N–H and O–H groups in total. The van der Waals surface area contributed by atoms with Crippen molar-refractivity contribution in [2.75, 3.05) is 26.2 Å². The predicted octanol–water partition coefficient (Wildman–Crippen LogP) is 12.2. The summed E-state index contributed by atoms with van der Waals surface area (Å²) in [5, 5.41) is 2.88. The van der Waals surface area contributed by atoms with Crippen LogP contribution in [0.25, 0.3) is 0 Å². The first-order valence-electron chi connectivity index (χ1n) is 21.3. The van der Waals surface area contributed by atoms with E-state index in [9.17, 15) is 9.59 Å². The summed E-state index contributed by atoms with van der Waals surface area (Å²) >= 11 is 0. The van der Waals surface area contributed by atoms with Gasteiger partial charge in [0.1, 0.15) is 0 Å². The minimum absolute atomic E-state index is 0.237. The normalized spacial score (nSPS) is 23.1. The summed E-state index contributed by atoms with van der Waals surface area (Å²) in [6, 6.07) is 0. The summed E-state index contributed by atoms with van der Waals surface area (Å²) in [5.41, 5.74) is -0.361. The molecule has 274 valence electrons. The SMILES string of the molecule is CCCCCCCCCCCCN(CCCCCCCCCCCC)CCCCCCNC(=O)OC(=O)C12CC3CC(CC(C3)C1)C2. The molecular weight excluding hydrogens is 580 g/mol. The Balaban J connectivity index is 1.21. The third-order valence-corrected chi connectivity index (χ3v) is 12.0. The van der Waals surface area contributed by atoms with Gasteiger partial charge in [-0.2, -0.15) is 0 Å². The fraction of sp³-hybridized carbons (Fsp3) is 0.952. The van der Waals surface area contributed by atoms with E-state index in [1.165, 1.54) is 180 Å². The smallest absolute Gasteiger partial charge is 0.376 e. The molecule has 4 bridgehead atoms. The molecule has 0 aromatic rings. The van der Waals surface area contributed by atoms with Crippen molar-refractivity contribution in [3.63, 3.8) is 0 Å². The minimum Gasteiger partial charge on any atom is -0.376 e. The molecule has 4 rings (SSSR count). The molecule has 5 heteroatoms. The molecule has 0 spiro atoms. The maximum absolute atomic E-state index is 13.0. The van der Waals surface area contributed by atoms with Crippen molar-refractivity contribution in [1.82, 2.24) is 10.2 Å². The number of nitrogens with one attached hydrogen (secondary N) is 1. The highest BCUT2D eigenvalue weighted by Gasteiger charge is 2.55. The molecule has 0 aromatic heterocycles. The second-order valence-corrected chi connectivity index (χ2v) is 16.4. The molecule has 4 aliphatic rings. The largest absolute Gasteiger partial charge is 0.414 e. The van der Waals surface area contributed by atoms with Gasteiger partial charge in [0.2, 0.25) is 0 Å². The molecule has 0 aromatic carbocycles.